The zero-order chi connectivity index (χ0) is 49.8. The van der Waals surface area contributed by atoms with Crippen LogP contribution in [-0.2, 0) is 25.1 Å². The lowest BCUT2D eigenvalue weighted by atomic mass is 10.1. The van der Waals surface area contributed by atoms with Crippen LogP contribution in [0.2, 0.25) is 10.0 Å². The maximum Gasteiger partial charge on any atom is 0.258 e. The van der Waals surface area contributed by atoms with Gasteiger partial charge in [-0.15, -0.1) is 34.8 Å². The van der Waals surface area contributed by atoms with E-state index in [-0.39, 0.29) is 60.6 Å². The Balaban J connectivity index is 1.26. The van der Waals surface area contributed by atoms with Crippen molar-refractivity contribution < 1.29 is 38.2 Å². The van der Waals surface area contributed by atoms with Gasteiger partial charge in [-0.25, -0.2) is 0 Å². The Labute approximate surface area is 416 Å². The molecule has 0 aliphatic carbocycles. The average molecular weight is 1030 g/mol. The van der Waals surface area contributed by atoms with Crippen LogP contribution in [0.1, 0.15) is 75.9 Å². The first-order chi connectivity index (χ1) is 32.3. The Hall–Kier alpha value is -6.43. The number of carbonyl (C=O) groups is 6. The molecule has 5 aromatic carbocycles. The van der Waals surface area contributed by atoms with Crippen LogP contribution >= 0.6 is 58.0 Å². The molecule has 21 heteroatoms. The fourth-order valence-electron chi connectivity index (χ4n) is 6.16. The number of azo groups is 2. The number of ether oxygens (including phenoxy) is 2. The predicted molar refractivity (Wildman–Crippen MR) is 265 cm³/mol. The number of halogens is 5. The van der Waals surface area contributed by atoms with Crippen molar-refractivity contribution in [2.75, 3.05) is 35.5 Å². The van der Waals surface area contributed by atoms with Crippen molar-refractivity contribution in [3.63, 3.8) is 0 Å². The summed E-state index contributed by atoms with van der Waals surface area (Å²) >= 11 is 31.3. The first-order valence-electron chi connectivity index (χ1n) is 20.3. The van der Waals surface area contributed by atoms with Crippen molar-refractivity contribution in [3.05, 3.63) is 129 Å². The SMILES string of the molecule is COc1cc(C(C)Cl)ccc1NC(=O)c1ccc(Cl)c(N=NC(C(C)=O)C(=O)Nc2ccc(NC(=O)C(N=Nc3cc(C(=O)Nc4ccc(C(C)Cl)cc4OC)ccc3Cl)C(C)=O)c(CCl)c2)c1. The molecule has 0 saturated heterocycles. The summed E-state index contributed by atoms with van der Waals surface area (Å²) in [6.07, 6.45) is 0. The van der Waals surface area contributed by atoms with E-state index in [9.17, 15) is 28.8 Å². The number of amides is 4. The molecule has 0 aromatic heterocycles. The second-order valence-corrected chi connectivity index (χ2v) is 17.2. The summed E-state index contributed by atoms with van der Waals surface area (Å²) in [5.41, 5.74) is 3.30. The van der Waals surface area contributed by atoms with Gasteiger partial charge >= 0.3 is 0 Å². The minimum absolute atomic E-state index is 0.00239. The summed E-state index contributed by atoms with van der Waals surface area (Å²) in [5.74, 6) is -3.51. The van der Waals surface area contributed by atoms with Crippen LogP contribution in [0.15, 0.2) is 111 Å². The number of hydrogen-bond donors (Lipinski definition) is 4. The fraction of sp³-hybridized carbons (Fsp3) is 0.234. The van der Waals surface area contributed by atoms with E-state index in [1.54, 1.807) is 50.2 Å². The van der Waals surface area contributed by atoms with Gasteiger partial charge in [-0.3, -0.25) is 28.8 Å². The summed E-state index contributed by atoms with van der Waals surface area (Å²) < 4.78 is 10.8. The molecule has 4 N–H and O–H groups in total. The molecule has 0 fully saturated rings. The molecule has 354 valence electrons. The zero-order valence-electron chi connectivity index (χ0n) is 37.1. The van der Waals surface area contributed by atoms with Crippen molar-refractivity contribution in [2.45, 2.75) is 56.4 Å². The summed E-state index contributed by atoms with van der Waals surface area (Å²) in [4.78, 5) is 78.6. The number of Topliss-reactive ketones (excluding diaryl/α,β-unsaturated/α-hetero) is 2. The number of ketones is 2. The third-order valence-electron chi connectivity index (χ3n) is 9.89. The summed E-state index contributed by atoms with van der Waals surface area (Å²) in [6.45, 7) is 5.90. The molecule has 0 radical (unpaired) electrons. The number of nitrogens with zero attached hydrogens (tertiary/aromatic N) is 4. The van der Waals surface area contributed by atoms with Crippen LogP contribution in [0.25, 0.3) is 0 Å². The summed E-state index contributed by atoms with van der Waals surface area (Å²) in [5, 5.41) is 26.3. The quantitative estimate of drug-likeness (QED) is 0.0353. The van der Waals surface area contributed by atoms with Crippen LogP contribution < -0.4 is 30.7 Å². The van der Waals surface area contributed by atoms with Crippen LogP contribution in [-0.4, -0.2) is 61.5 Å². The normalized spacial score (nSPS) is 13.0. The van der Waals surface area contributed by atoms with Gasteiger partial charge in [0.1, 0.15) is 22.9 Å². The highest BCUT2D eigenvalue weighted by Crippen LogP contribution is 2.34. The second kappa shape index (κ2) is 24.0. The number of benzene rings is 5. The van der Waals surface area contributed by atoms with Crippen molar-refractivity contribution in [3.8, 4) is 11.5 Å². The Morgan fingerprint density at radius 3 is 1.38 bits per heavy atom. The van der Waals surface area contributed by atoms with Gasteiger partial charge in [0.25, 0.3) is 23.6 Å². The van der Waals surface area contributed by atoms with Crippen molar-refractivity contribution >= 4 is 127 Å². The molecule has 68 heavy (non-hydrogen) atoms. The molecule has 0 aliphatic rings. The smallest absolute Gasteiger partial charge is 0.258 e. The third kappa shape index (κ3) is 13.6. The Kier molecular flexibility index (Phi) is 18.6. The molecule has 0 aliphatic heterocycles. The number of carbonyl (C=O) groups excluding carboxylic acids is 6. The van der Waals surface area contributed by atoms with Crippen molar-refractivity contribution in [1.29, 1.82) is 0 Å². The van der Waals surface area contributed by atoms with E-state index in [4.69, 9.17) is 67.5 Å². The second-order valence-electron chi connectivity index (χ2n) is 14.8. The van der Waals surface area contributed by atoms with Crippen molar-refractivity contribution in [1.82, 2.24) is 0 Å². The van der Waals surface area contributed by atoms with E-state index in [2.05, 4.69) is 41.7 Å². The minimum Gasteiger partial charge on any atom is -0.495 e. The highest BCUT2D eigenvalue weighted by molar-refractivity contribution is 6.33. The van der Waals surface area contributed by atoms with E-state index in [1.165, 1.54) is 68.8 Å². The molecule has 0 spiro atoms. The Bertz CT molecular complexity index is 2820. The number of rotatable bonds is 19. The third-order valence-corrected chi connectivity index (χ3v) is 11.3. The highest BCUT2D eigenvalue weighted by Gasteiger charge is 2.26. The maximum absolute atomic E-state index is 13.5. The van der Waals surface area contributed by atoms with E-state index in [0.29, 0.717) is 28.4 Å². The topological polar surface area (TPSA) is 218 Å². The number of alkyl halides is 3. The Morgan fingerprint density at radius 1 is 0.559 bits per heavy atom. The lowest BCUT2D eigenvalue weighted by Gasteiger charge is -2.15. The highest BCUT2D eigenvalue weighted by atomic mass is 35.5. The largest absolute Gasteiger partial charge is 0.495 e. The molecule has 4 unspecified atom stereocenters. The standard InChI is InChI=1S/C47H43Cl5N8O8/c1-23(49)27-9-14-36(40(20-27)67-5)55-44(63)29-7-12-33(51)38(18-29)57-59-42(25(3)61)46(65)53-32-11-16-35(31(17-32)22-48)54-47(66)43(26(4)62)60-58-39-19-30(8-13-34(39)52)45(64)56-37-15-10-28(24(2)50)21-41(37)68-6/h7-21,23-24,42-43H,22H2,1-6H3,(H,53,65)(H,54,66)(H,55,63)(H,56,64). The van der Waals surface area contributed by atoms with E-state index < -0.39 is 47.3 Å². The van der Waals surface area contributed by atoms with Crippen LogP contribution in [0.4, 0.5) is 34.1 Å². The van der Waals surface area contributed by atoms with Gasteiger partial charge in [-0.1, -0.05) is 35.3 Å². The molecule has 16 nitrogen and oxygen atoms in total. The molecule has 5 aromatic rings. The zero-order valence-corrected chi connectivity index (χ0v) is 40.9. The van der Waals surface area contributed by atoms with Crippen LogP contribution in [0.3, 0.4) is 0 Å². The van der Waals surface area contributed by atoms with Gasteiger partial charge in [0, 0.05) is 28.4 Å². The molecule has 5 rings (SSSR count). The van der Waals surface area contributed by atoms with Crippen LogP contribution in [0.5, 0.6) is 11.5 Å². The molecule has 0 heterocycles. The van der Waals surface area contributed by atoms with Gasteiger partial charge < -0.3 is 30.7 Å². The monoisotopic (exact) mass is 1020 g/mol. The molecular weight excluding hydrogens is 982 g/mol. The maximum atomic E-state index is 13.5. The van der Waals surface area contributed by atoms with Gasteiger partial charge in [-0.05, 0) is 123 Å². The lowest BCUT2D eigenvalue weighted by Crippen LogP contribution is -2.32. The van der Waals surface area contributed by atoms with Crippen molar-refractivity contribution in [2.24, 2.45) is 20.5 Å². The summed E-state index contributed by atoms with van der Waals surface area (Å²) in [6, 6.07) is 19.7. The first kappa shape index (κ1) is 52.5. The number of methoxy groups -OCH3 is 2. The number of anilines is 4. The Morgan fingerprint density at radius 2 is 0.985 bits per heavy atom. The molecule has 0 saturated carbocycles. The molecule has 4 atom stereocenters. The van der Waals surface area contributed by atoms with Gasteiger partial charge in [0.05, 0.1) is 46.4 Å². The number of nitrogens with one attached hydrogen (secondary N) is 4. The minimum atomic E-state index is -1.65. The van der Waals surface area contributed by atoms with E-state index in [0.717, 1.165) is 25.0 Å². The molecule has 0 bridgehead atoms. The summed E-state index contributed by atoms with van der Waals surface area (Å²) in [7, 11) is 2.92. The number of hydrogen-bond acceptors (Lipinski definition) is 12. The van der Waals surface area contributed by atoms with Crippen LogP contribution in [0, 0.1) is 0 Å². The van der Waals surface area contributed by atoms with E-state index >= 15 is 0 Å². The fourth-order valence-corrected chi connectivity index (χ4v) is 6.96. The van der Waals surface area contributed by atoms with Gasteiger partial charge in [0.2, 0.25) is 12.1 Å². The van der Waals surface area contributed by atoms with E-state index in [1.807, 2.05) is 0 Å². The van der Waals surface area contributed by atoms with Gasteiger partial charge in [0.15, 0.2) is 11.6 Å². The average Bonchev–Trinajstić information content (AvgIpc) is 3.30. The van der Waals surface area contributed by atoms with Gasteiger partial charge in [-0.2, -0.15) is 20.5 Å². The molecular formula is C47H43Cl5N8O8. The molecule has 4 amide bonds. The predicted octanol–water partition coefficient (Wildman–Crippen LogP) is 12.2. The lowest BCUT2D eigenvalue weighted by molar-refractivity contribution is -0.127. The first-order valence-corrected chi connectivity index (χ1v) is 22.5.